The van der Waals surface area contributed by atoms with Crippen molar-refractivity contribution in [3.8, 4) is 11.1 Å². The zero-order chi connectivity index (χ0) is 27.0. The van der Waals surface area contributed by atoms with Crippen molar-refractivity contribution in [1.82, 2.24) is 9.88 Å². The van der Waals surface area contributed by atoms with E-state index in [1.807, 2.05) is 41.3 Å². The Morgan fingerprint density at radius 2 is 1.64 bits per heavy atom. The quantitative estimate of drug-likeness (QED) is 0.352. The number of hydrogen-bond donors (Lipinski definition) is 1. The van der Waals surface area contributed by atoms with Crippen molar-refractivity contribution in [2.75, 3.05) is 19.8 Å². The summed E-state index contributed by atoms with van der Waals surface area (Å²) in [5.41, 5.74) is 3.83. The van der Waals surface area contributed by atoms with Gasteiger partial charge in [0.15, 0.2) is 0 Å². The molecule has 0 bridgehead atoms. The topological polar surface area (TPSA) is 89.0 Å². The van der Waals surface area contributed by atoms with E-state index in [0.717, 1.165) is 36.6 Å². The molecule has 39 heavy (non-hydrogen) atoms. The second kappa shape index (κ2) is 10.4. The number of ether oxygens (including phenoxy) is 2. The Balaban J connectivity index is 1.29. The minimum atomic E-state index is -1.05. The van der Waals surface area contributed by atoms with Gasteiger partial charge < -0.3 is 14.6 Å². The van der Waals surface area contributed by atoms with E-state index < -0.39 is 23.7 Å². The van der Waals surface area contributed by atoms with Crippen LogP contribution in [0.3, 0.4) is 0 Å². The Hall–Kier alpha value is -3.23. The third kappa shape index (κ3) is 4.74. The van der Waals surface area contributed by atoms with Crippen molar-refractivity contribution in [1.29, 1.82) is 0 Å². The van der Waals surface area contributed by atoms with Crippen LogP contribution in [-0.2, 0) is 19.9 Å². The first-order valence-electron chi connectivity index (χ1n) is 13.5. The van der Waals surface area contributed by atoms with E-state index in [0.29, 0.717) is 12.1 Å². The summed E-state index contributed by atoms with van der Waals surface area (Å²) < 4.78 is 13.1. The summed E-state index contributed by atoms with van der Waals surface area (Å²) in [4.78, 5) is 31.9. The summed E-state index contributed by atoms with van der Waals surface area (Å²) in [6.45, 7) is -0.0309. The summed E-state index contributed by atoms with van der Waals surface area (Å²) in [7, 11) is 0. The molecule has 6 rings (SSSR count). The molecule has 7 nitrogen and oxygen atoms in total. The van der Waals surface area contributed by atoms with Crippen LogP contribution in [0.5, 0.6) is 0 Å². The molecule has 0 radical (unpaired) electrons. The molecule has 1 aliphatic heterocycles. The van der Waals surface area contributed by atoms with Gasteiger partial charge >= 0.3 is 12.1 Å². The van der Waals surface area contributed by atoms with Crippen LogP contribution in [0.15, 0.2) is 71.3 Å². The smallest absolute Gasteiger partial charge is 0.410 e. The van der Waals surface area contributed by atoms with Crippen molar-refractivity contribution in [3.63, 3.8) is 0 Å². The molecule has 1 saturated carbocycles. The highest BCUT2D eigenvalue weighted by Gasteiger charge is 2.58. The Labute approximate surface area is 236 Å². The van der Waals surface area contributed by atoms with Crippen LogP contribution in [0.4, 0.5) is 4.79 Å². The minimum Gasteiger partial charge on any atom is -0.480 e. The Morgan fingerprint density at radius 1 is 0.974 bits per heavy atom. The molecule has 2 heterocycles. The van der Waals surface area contributed by atoms with Gasteiger partial charge in [-0.3, -0.25) is 9.88 Å². The number of halogens is 1. The monoisotopic (exact) mass is 590 g/mol. The number of hydrogen-bond acceptors (Lipinski definition) is 5. The number of benzene rings is 2. The number of carbonyl (C=O) groups excluding carboxylic acids is 1. The highest BCUT2D eigenvalue weighted by molar-refractivity contribution is 9.10. The minimum absolute atomic E-state index is 0.0348. The molecule has 1 N–H and O–H groups in total. The molecule has 1 saturated heterocycles. The maximum atomic E-state index is 13.9. The summed E-state index contributed by atoms with van der Waals surface area (Å²) >= 11 is 3.43. The number of nitrogens with zero attached hydrogens (tertiary/aromatic N) is 2. The van der Waals surface area contributed by atoms with E-state index in [-0.39, 0.29) is 25.2 Å². The van der Waals surface area contributed by atoms with Crippen LogP contribution in [0, 0.1) is 0 Å². The van der Waals surface area contributed by atoms with E-state index in [2.05, 4.69) is 45.2 Å². The first kappa shape index (κ1) is 26.0. The standard InChI is InChI=1S/C31H31BrN2O5/c32-21-12-13-27(33-16-21)31(39-18-28(35)36)19-30(14-6-1-7-15-30)34(20-31)29(37)38-17-26-24-10-4-2-8-22(24)23-9-3-5-11-25(23)26/h2-5,8-13,16,26H,1,6-7,14-15,17-20H2,(H,35,36). The van der Waals surface area contributed by atoms with Crippen LogP contribution in [0.1, 0.15) is 61.3 Å². The maximum Gasteiger partial charge on any atom is 0.410 e. The molecule has 8 heteroatoms. The summed E-state index contributed by atoms with van der Waals surface area (Å²) in [5.74, 6) is -1.09. The molecule has 1 amide bonds. The number of aliphatic carboxylic acids is 1. The fraction of sp³-hybridized carbons (Fsp3) is 0.387. The molecule has 1 aromatic heterocycles. The third-order valence-corrected chi connectivity index (χ3v) is 9.08. The zero-order valence-electron chi connectivity index (χ0n) is 21.6. The largest absolute Gasteiger partial charge is 0.480 e. The highest BCUT2D eigenvalue weighted by atomic mass is 79.9. The Morgan fingerprint density at radius 3 is 2.26 bits per heavy atom. The number of amides is 1. The van der Waals surface area contributed by atoms with E-state index in [9.17, 15) is 14.7 Å². The van der Waals surface area contributed by atoms with Gasteiger partial charge in [-0.2, -0.15) is 0 Å². The fourth-order valence-corrected chi connectivity index (χ4v) is 7.11. The normalized spacial score (nSPS) is 21.5. The van der Waals surface area contributed by atoms with Crippen LogP contribution in [0.25, 0.3) is 11.1 Å². The van der Waals surface area contributed by atoms with Crippen LogP contribution in [-0.4, -0.2) is 52.4 Å². The van der Waals surface area contributed by atoms with E-state index in [4.69, 9.17) is 9.47 Å². The van der Waals surface area contributed by atoms with Crippen LogP contribution >= 0.6 is 15.9 Å². The van der Waals surface area contributed by atoms with Gasteiger partial charge in [-0.15, -0.1) is 0 Å². The maximum absolute atomic E-state index is 13.9. The number of carboxylic acids is 1. The van der Waals surface area contributed by atoms with E-state index in [1.165, 1.54) is 22.3 Å². The van der Waals surface area contributed by atoms with Gasteiger partial charge in [0, 0.05) is 28.5 Å². The number of rotatable bonds is 6. The van der Waals surface area contributed by atoms with Crippen LogP contribution in [0.2, 0.25) is 0 Å². The van der Waals surface area contributed by atoms with Crippen molar-refractivity contribution < 1.29 is 24.2 Å². The number of carbonyl (C=O) groups is 2. The number of likely N-dealkylation sites (tertiary alicyclic amines) is 1. The number of pyridine rings is 1. The molecule has 1 unspecified atom stereocenters. The summed E-state index contributed by atoms with van der Waals surface area (Å²) in [6, 6.07) is 20.3. The van der Waals surface area contributed by atoms with E-state index in [1.54, 1.807) is 6.20 Å². The Kier molecular flexibility index (Phi) is 6.93. The van der Waals surface area contributed by atoms with Crippen molar-refractivity contribution in [2.24, 2.45) is 0 Å². The summed E-state index contributed by atoms with van der Waals surface area (Å²) in [6.07, 6.45) is 6.55. The predicted octanol–water partition coefficient (Wildman–Crippen LogP) is 6.50. The lowest BCUT2D eigenvalue weighted by molar-refractivity contribution is -0.150. The van der Waals surface area contributed by atoms with Crippen molar-refractivity contribution in [2.45, 2.75) is 55.6 Å². The van der Waals surface area contributed by atoms with Crippen molar-refractivity contribution >= 4 is 28.0 Å². The van der Waals surface area contributed by atoms with Crippen molar-refractivity contribution in [3.05, 3.63) is 88.2 Å². The lowest BCUT2D eigenvalue weighted by Crippen LogP contribution is -2.49. The number of fused-ring (bicyclic) bond motifs is 3. The zero-order valence-corrected chi connectivity index (χ0v) is 23.2. The lowest BCUT2D eigenvalue weighted by Gasteiger charge is -2.40. The van der Waals surface area contributed by atoms with Gasteiger partial charge in [0.25, 0.3) is 0 Å². The molecule has 2 fully saturated rings. The first-order chi connectivity index (χ1) is 18.9. The number of carboxylic acid groups (broad SMARTS) is 1. The molecule has 3 aromatic rings. The molecule has 2 aromatic carbocycles. The number of aromatic nitrogens is 1. The molecule has 202 valence electrons. The van der Waals surface area contributed by atoms with Gasteiger partial charge in [0.05, 0.1) is 12.2 Å². The third-order valence-electron chi connectivity index (χ3n) is 8.61. The van der Waals surface area contributed by atoms with Gasteiger partial charge in [-0.05, 0) is 63.2 Å². The molecule has 1 spiro atoms. The average molecular weight is 592 g/mol. The lowest BCUT2D eigenvalue weighted by atomic mass is 9.76. The van der Waals surface area contributed by atoms with Gasteiger partial charge in [-0.25, -0.2) is 9.59 Å². The van der Waals surface area contributed by atoms with Gasteiger partial charge in [0.2, 0.25) is 0 Å². The van der Waals surface area contributed by atoms with Gasteiger partial charge in [-0.1, -0.05) is 67.8 Å². The average Bonchev–Trinajstić information content (AvgIpc) is 3.45. The Bertz CT molecular complexity index is 1340. The second-order valence-corrected chi connectivity index (χ2v) is 11.8. The molecular formula is C31H31BrN2O5. The first-order valence-corrected chi connectivity index (χ1v) is 14.3. The van der Waals surface area contributed by atoms with E-state index >= 15 is 0 Å². The predicted molar refractivity (Wildman–Crippen MR) is 149 cm³/mol. The van der Waals surface area contributed by atoms with Crippen LogP contribution < -0.4 is 0 Å². The fourth-order valence-electron chi connectivity index (χ4n) is 6.88. The SMILES string of the molecule is O=C(O)COC1(c2ccc(Br)cn2)CN(C(=O)OCC2c3ccccc3-c3ccccc32)C2(CCCCC2)C1. The van der Waals surface area contributed by atoms with Gasteiger partial charge in [0.1, 0.15) is 18.8 Å². The second-order valence-electron chi connectivity index (χ2n) is 10.9. The molecular weight excluding hydrogens is 560 g/mol. The highest BCUT2D eigenvalue weighted by Crippen LogP contribution is 2.51. The summed E-state index contributed by atoms with van der Waals surface area (Å²) in [5, 5.41) is 9.46. The molecule has 2 aliphatic carbocycles. The molecule has 3 aliphatic rings. The molecule has 1 atom stereocenters.